The molecular weight excluding hydrogens is 413 g/mol. The Morgan fingerprint density at radius 3 is 2.50 bits per heavy atom. The van der Waals surface area contributed by atoms with Crippen LogP contribution >= 0.6 is 24.0 Å². The molecule has 5 nitrogen and oxygen atoms in total. The Morgan fingerprint density at radius 2 is 1.96 bits per heavy atom. The molecular formula is C18H40IN5. The third-order valence-corrected chi connectivity index (χ3v) is 4.97. The summed E-state index contributed by atoms with van der Waals surface area (Å²) < 4.78 is 0. The van der Waals surface area contributed by atoms with E-state index < -0.39 is 0 Å². The monoisotopic (exact) mass is 453 g/mol. The van der Waals surface area contributed by atoms with Crippen molar-refractivity contribution in [3.8, 4) is 0 Å². The minimum absolute atomic E-state index is 0. The van der Waals surface area contributed by atoms with Gasteiger partial charge in [-0.2, -0.15) is 0 Å². The Hall–Kier alpha value is -0.0800. The lowest BCUT2D eigenvalue weighted by Gasteiger charge is -2.30. The Bertz CT molecular complexity index is 344. The highest BCUT2D eigenvalue weighted by Gasteiger charge is 2.22. The third kappa shape index (κ3) is 8.34. The number of nitrogens with zero attached hydrogens (tertiary/aromatic N) is 3. The number of hydrogen-bond donors (Lipinski definition) is 2. The molecule has 0 spiro atoms. The van der Waals surface area contributed by atoms with Crippen LogP contribution in [0.15, 0.2) is 4.99 Å². The topological polar surface area (TPSA) is 56.9 Å². The van der Waals surface area contributed by atoms with E-state index in [1.54, 1.807) is 0 Å². The third-order valence-electron chi connectivity index (χ3n) is 4.97. The first-order valence-corrected chi connectivity index (χ1v) is 9.53. The number of guanidine groups is 1. The van der Waals surface area contributed by atoms with Crippen LogP contribution < -0.4 is 11.1 Å². The molecule has 2 unspecified atom stereocenters. The number of hydrogen-bond acceptors (Lipinski definition) is 3. The van der Waals surface area contributed by atoms with Crippen molar-refractivity contribution in [2.24, 2.45) is 16.6 Å². The summed E-state index contributed by atoms with van der Waals surface area (Å²) in [6.45, 7) is 17.4. The normalized spacial score (nSPS) is 20.5. The van der Waals surface area contributed by atoms with E-state index in [4.69, 9.17) is 5.73 Å². The molecule has 1 aliphatic rings. The fourth-order valence-electron chi connectivity index (χ4n) is 3.65. The Morgan fingerprint density at radius 1 is 1.29 bits per heavy atom. The zero-order valence-corrected chi connectivity index (χ0v) is 18.8. The SMILES string of the molecule is CCN(CC)C(CN=C(N)NCC1CCCN1CC)CC(C)C.I. The number of rotatable bonds is 10. The Kier molecular flexibility index (Phi) is 13.1. The first-order chi connectivity index (χ1) is 11.0. The number of aliphatic imine (C=N–C) groups is 1. The second-order valence-electron chi connectivity index (χ2n) is 7.04. The molecule has 1 fully saturated rings. The van der Waals surface area contributed by atoms with Crippen LogP contribution in [0.25, 0.3) is 0 Å². The summed E-state index contributed by atoms with van der Waals surface area (Å²) in [5.41, 5.74) is 6.10. The summed E-state index contributed by atoms with van der Waals surface area (Å²) in [6.07, 6.45) is 3.74. The Balaban J connectivity index is 0.00000529. The molecule has 0 radical (unpaired) electrons. The van der Waals surface area contributed by atoms with Gasteiger partial charge < -0.3 is 11.1 Å². The summed E-state index contributed by atoms with van der Waals surface area (Å²) in [6, 6.07) is 1.10. The molecule has 0 saturated carbocycles. The highest BCUT2D eigenvalue weighted by Crippen LogP contribution is 2.15. The highest BCUT2D eigenvalue weighted by atomic mass is 127. The van der Waals surface area contributed by atoms with Gasteiger partial charge in [-0.25, -0.2) is 0 Å². The molecule has 3 N–H and O–H groups in total. The van der Waals surface area contributed by atoms with Crippen molar-refractivity contribution in [3.63, 3.8) is 0 Å². The van der Waals surface area contributed by atoms with Gasteiger partial charge in [0.2, 0.25) is 0 Å². The molecule has 0 aromatic rings. The first-order valence-electron chi connectivity index (χ1n) is 9.53. The molecule has 1 rings (SSSR count). The quantitative estimate of drug-likeness (QED) is 0.304. The van der Waals surface area contributed by atoms with Gasteiger partial charge in [0.25, 0.3) is 0 Å². The van der Waals surface area contributed by atoms with Crippen molar-refractivity contribution in [2.75, 3.05) is 39.3 Å². The number of nitrogens with one attached hydrogen (secondary N) is 1. The Labute approximate surface area is 166 Å². The molecule has 6 heteroatoms. The van der Waals surface area contributed by atoms with Gasteiger partial charge in [-0.3, -0.25) is 14.8 Å². The van der Waals surface area contributed by atoms with E-state index in [0.29, 0.717) is 24.0 Å². The lowest BCUT2D eigenvalue weighted by molar-refractivity contribution is 0.196. The summed E-state index contributed by atoms with van der Waals surface area (Å²) in [5.74, 6) is 1.29. The molecule has 2 atom stereocenters. The van der Waals surface area contributed by atoms with Crippen LogP contribution in [0, 0.1) is 5.92 Å². The van der Waals surface area contributed by atoms with E-state index in [1.165, 1.54) is 25.8 Å². The molecule has 24 heavy (non-hydrogen) atoms. The zero-order chi connectivity index (χ0) is 17.2. The maximum atomic E-state index is 6.10. The van der Waals surface area contributed by atoms with Gasteiger partial charge >= 0.3 is 0 Å². The fraction of sp³-hybridized carbons (Fsp3) is 0.944. The minimum atomic E-state index is 0. The highest BCUT2D eigenvalue weighted by molar-refractivity contribution is 14.0. The van der Waals surface area contributed by atoms with E-state index >= 15 is 0 Å². The van der Waals surface area contributed by atoms with Crippen LogP contribution in [0.3, 0.4) is 0 Å². The lowest BCUT2D eigenvalue weighted by Crippen LogP contribution is -2.44. The van der Waals surface area contributed by atoms with E-state index in [-0.39, 0.29) is 24.0 Å². The predicted octanol–water partition coefficient (Wildman–Crippen LogP) is 2.75. The standard InChI is InChI=1S/C18H39N5.HI/c1-6-22(7-2)17(12-15(4)5)14-21-18(19)20-13-16-10-9-11-23(16)8-3;/h15-17H,6-14H2,1-5H3,(H3,19,20,21);1H. The maximum absolute atomic E-state index is 6.10. The number of likely N-dealkylation sites (N-methyl/N-ethyl adjacent to an activating group) is 2. The van der Waals surface area contributed by atoms with E-state index in [1.807, 2.05) is 0 Å². The van der Waals surface area contributed by atoms with E-state index in [0.717, 1.165) is 32.7 Å². The zero-order valence-electron chi connectivity index (χ0n) is 16.4. The van der Waals surface area contributed by atoms with Crippen molar-refractivity contribution in [2.45, 2.75) is 66.0 Å². The number of nitrogens with two attached hydrogens (primary N) is 1. The van der Waals surface area contributed by atoms with Crippen molar-refractivity contribution in [1.29, 1.82) is 0 Å². The largest absolute Gasteiger partial charge is 0.370 e. The minimum Gasteiger partial charge on any atom is -0.370 e. The number of likely N-dealkylation sites (tertiary alicyclic amines) is 1. The molecule has 1 heterocycles. The predicted molar refractivity (Wildman–Crippen MR) is 116 cm³/mol. The molecule has 0 aliphatic carbocycles. The second-order valence-corrected chi connectivity index (χ2v) is 7.04. The average molecular weight is 453 g/mol. The molecule has 1 aliphatic heterocycles. The lowest BCUT2D eigenvalue weighted by atomic mass is 10.0. The second kappa shape index (κ2) is 13.2. The van der Waals surface area contributed by atoms with Crippen LogP contribution in [-0.4, -0.2) is 67.1 Å². The van der Waals surface area contributed by atoms with Crippen molar-refractivity contribution in [3.05, 3.63) is 0 Å². The van der Waals surface area contributed by atoms with E-state index in [2.05, 4.69) is 54.7 Å². The molecule has 144 valence electrons. The maximum Gasteiger partial charge on any atom is 0.188 e. The molecule has 0 bridgehead atoms. The van der Waals surface area contributed by atoms with Gasteiger partial charge in [0.05, 0.1) is 6.54 Å². The summed E-state index contributed by atoms with van der Waals surface area (Å²) in [4.78, 5) is 9.65. The molecule has 1 saturated heterocycles. The van der Waals surface area contributed by atoms with Crippen LogP contribution in [0.5, 0.6) is 0 Å². The van der Waals surface area contributed by atoms with Gasteiger partial charge in [-0.05, 0) is 51.4 Å². The fourth-order valence-corrected chi connectivity index (χ4v) is 3.65. The van der Waals surface area contributed by atoms with Gasteiger partial charge in [0.1, 0.15) is 0 Å². The van der Waals surface area contributed by atoms with Crippen molar-refractivity contribution < 1.29 is 0 Å². The summed E-state index contributed by atoms with van der Waals surface area (Å²) >= 11 is 0. The van der Waals surface area contributed by atoms with Crippen molar-refractivity contribution in [1.82, 2.24) is 15.1 Å². The molecule has 0 aromatic heterocycles. The van der Waals surface area contributed by atoms with Gasteiger partial charge in [-0.1, -0.05) is 34.6 Å². The first kappa shape index (κ1) is 23.9. The smallest absolute Gasteiger partial charge is 0.188 e. The summed E-state index contributed by atoms with van der Waals surface area (Å²) in [7, 11) is 0. The van der Waals surface area contributed by atoms with Gasteiger partial charge in [-0.15, -0.1) is 24.0 Å². The summed E-state index contributed by atoms with van der Waals surface area (Å²) in [5, 5.41) is 3.34. The van der Waals surface area contributed by atoms with Crippen molar-refractivity contribution >= 4 is 29.9 Å². The average Bonchev–Trinajstić information content (AvgIpc) is 2.98. The molecule has 0 aromatic carbocycles. The van der Waals surface area contributed by atoms with E-state index in [9.17, 15) is 0 Å². The van der Waals surface area contributed by atoms with Crippen LogP contribution in [0.2, 0.25) is 0 Å². The van der Waals surface area contributed by atoms with Gasteiger partial charge in [0, 0.05) is 18.6 Å². The van der Waals surface area contributed by atoms with Crippen LogP contribution in [0.1, 0.15) is 53.9 Å². The number of halogens is 1. The molecule has 0 amide bonds. The van der Waals surface area contributed by atoms with Gasteiger partial charge in [0.15, 0.2) is 5.96 Å². The van der Waals surface area contributed by atoms with Crippen LogP contribution in [0.4, 0.5) is 0 Å². The van der Waals surface area contributed by atoms with Crippen LogP contribution in [-0.2, 0) is 0 Å².